The van der Waals surface area contributed by atoms with Crippen molar-refractivity contribution >= 4 is 0 Å². The molecule has 0 aromatic heterocycles. The van der Waals surface area contributed by atoms with E-state index in [1.165, 1.54) is 0 Å². The number of rotatable bonds is 2. The summed E-state index contributed by atoms with van der Waals surface area (Å²) < 4.78 is 5.51. The molecule has 1 saturated heterocycles. The molecule has 0 amide bonds. The fraction of sp³-hybridized carbons (Fsp3) is 0.778. The van der Waals surface area contributed by atoms with Crippen molar-refractivity contribution < 1.29 is 4.74 Å². The lowest BCUT2D eigenvalue weighted by Gasteiger charge is -2.30. The topological polar surface area (TPSA) is 12.5 Å². The second kappa shape index (κ2) is 2.95. The Balaban J connectivity index is 2.63. The fourth-order valence-electron chi connectivity index (χ4n) is 1.52. The van der Waals surface area contributed by atoms with E-state index in [1.807, 2.05) is 6.08 Å². The molecule has 1 unspecified atom stereocenters. The van der Waals surface area contributed by atoms with Crippen LogP contribution in [-0.4, -0.2) is 29.8 Å². The highest BCUT2D eigenvalue weighted by molar-refractivity contribution is 4.91. The normalized spacial score (nSPS) is 30.6. The summed E-state index contributed by atoms with van der Waals surface area (Å²) in [4.78, 5) is 2.31. The maximum atomic E-state index is 5.51. The lowest BCUT2D eigenvalue weighted by Crippen LogP contribution is -2.43. The van der Waals surface area contributed by atoms with Crippen LogP contribution in [0.1, 0.15) is 20.8 Å². The molecule has 0 aliphatic carbocycles. The third-order valence-electron chi connectivity index (χ3n) is 2.22. The van der Waals surface area contributed by atoms with Crippen LogP contribution in [-0.2, 0) is 4.74 Å². The summed E-state index contributed by atoms with van der Waals surface area (Å²) >= 11 is 0. The van der Waals surface area contributed by atoms with E-state index in [0.717, 1.165) is 13.2 Å². The number of hydrogen-bond acceptors (Lipinski definition) is 2. The van der Waals surface area contributed by atoms with E-state index in [9.17, 15) is 0 Å². The van der Waals surface area contributed by atoms with Gasteiger partial charge in [-0.2, -0.15) is 0 Å². The van der Waals surface area contributed by atoms with Crippen molar-refractivity contribution in [2.24, 2.45) is 0 Å². The number of nitrogens with zero attached hydrogens (tertiary/aromatic N) is 1. The van der Waals surface area contributed by atoms with Gasteiger partial charge in [-0.1, -0.05) is 6.08 Å². The highest BCUT2D eigenvalue weighted by Gasteiger charge is 2.36. The largest absolute Gasteiger partial charge is 0.362 e. The molecule has 0 aromatic rings. The summed E-state index contributed by atoms with van der Waals surface area (Å²) in [6.07, 6.45) is 2.16. The SMILES string of the molecule is C=CCN1C(C)OCC1(C)C. The van der Waals surface area contributed by atoms with Gasteiger partial charge in [-0.05, 0) is 20.8 Å². The molecule has 1 aliphatic rings. The fourth-order valence-corrected chi connectivity index (χ4v) is 1.52. The monoisotopic (exact) mass is 155 g/mol. The minimum atomic E-state index is 0.174. The molecule has 0 radical (unpaired) electrons. The third-order valence-corrected chi connectivity index (χ3v) is 2.22. The molecule has 0 bridgehead atoms. The zero-order valence-corrected chi connectivity index (χ0v) is 7.63. The first kappa shape index (κ1) is 8.75. The minimum Gasteiger partial charge on any atom is -0.362 e. The van der Waals surface area contributed by atoms with Gasteiger partial charge in [-0.25, -0.2) is 0 Å². The van der Waals surface area contributed by atoms with Crippen LogP contribution in [0.15, 0.2) is 12.7 Å². The van der Waals surface area contributed by atoms with Crippen LogP contribution >= 0.6 is 0 Å². The average Bonchev–Trinajstić information content (AvgIpc) is 2.16. The highest BCUT2D eigenvalue weighted by atomic mass is 16.5. The zero-order chi connectivity index (χ0) is 8.48. The molecule has 1 atom stereocenters. The van der Waals surface area contributed by atoms with Crippen LogP contribution in [0.2, 0.25) is 0 Å². The van der Waals surface area contributed by atoms with Crippen molar-refractivity contribution in [3.05, 3.63) is 12.7 Å². The standard InChI is InChI=1S/C9H17NO/c1-5-6-10-8(2)11-7-9(10,3)4/h5,8H,1,6-7H2,2-4H3. The highest BCUT2D eigenvalue weighted by Crippen LogP contribution is 2.25. The Bertz CT molecular complexity index is 154. The Labute approximate surface area is 68.8 Å². The van der Waals surface area contributed by atoms with E-state index in [-0.39, 0.29) is 11.8 Å². The lowest BCUT2D eigenvalue weighted by molar-refractivity contribution is 0.0483. The van der Waals surface area contributed by atoms with Gasteiger partial charge in [-0.3, -0.25) is 4.90 Å². The van der Waals surface area contributed by atoms with Crippen LogP contribution in [0.4, 0.5) is 0 Å². The Kier molecular flexibility index (Phi) is 2.35. The Hall–Kier alpha value is -0.340. The van der Waals surface area contributed by atoms with E-state index in [1.54, 1.807) is 0 Å². The van der Waals surface area contributed by atoms with E-state index in [2.05, 4.69) is 32.3 Å². The first-order valence-corrected chi connectivity index (χ1v) is 4.07. The van der Waals surface area contributed by atoms with Crippen molar-refractivity contribution in [3.63, 3.8) is 0 Å². The van der Waals surface area contributed by atoms with E-state index >= 15 is 0 Å². The molecule has 2 heteroatoms. The Morgan fingerprint density at radius 3 is 2.73 bits per heavy atom. The molecule has 1 heterocycles. The second-order valence-corrected chi connectivity index (χ2v) is 3.66. The van der Waals surface area contributed by atoms with Gasteiger partial charge < -0.3 is 4.74 Å². The predicted octanol–water partition coefficient (Wildman–Crippen LogP) is 1.63. The minimum absolute atomic E-state index is 0.174. The molecule has 2 nitrogen and oxygen atoms in total. The summed E-state index contributed by atoms with van der Waals surface area (Å²) in [6.45, 7) is 11.9. The van der Waals surface area contributed by atoms with Crippen molar-refractivity contribution in [3.8, 4) is 0 Å². The average molecular weight is 155 g/mol. The molecule has 1 fully saturated rings. The van der Waals surface area contributed by atoms with Gasteiger partial charge in [-0.15, -0.1) is 6.58 Å². The maximum Gasteiger partial charge on any atom is 0.108 e. The van der Waals surface area contributed by atoms with E-state index in [4.69, 9.17) is 4.74 Å². The molecule has 11 heavy (non-hydrogen) atoms. The quantitative estimate of drug-likeness (QED) is 0.562. The molecule has 0 saturated carbocycles. The second-order valence-electron chi connectivity index (χ2n) is 3.66. The van der Waals surface area contributed by atoms with Crippen molar-refractivity contribution in [2.75, 3.05) is 13.2 Å². The third kappa shape index (κ3) is 1.63. The summed E-state index contributed by atoms with van der Waals surface area (Å²) in [5, 5.41) is 0. The van der Waals surface area contributed by atoms with Crippen LogP contribution in [0.25, 0.3) is 0 Å². The number of hydrogen-bond donors (Lipinski definition) is 0. The molecule has 0 spiro atoms. The molecular weight excluding hydrogens is 138 g/mol. The Morgan fingerprint density at radius 1 is 1.73 bits per heavy atom. The maximum absolute atomic E-state index is 5.51. The van der Waals surface area contributed by atoms with Crippen LogP contribution in [0.5, 0.6) is 0 Å². The first-order chi connectivity index (χ1) is 5.08. The van der Waals surface area contributed by atoms with Crippen molar-refractivity contribution in [1.82, 2.24) is 4.90 Å². The van der Waals surface area contributed by atoms with Gasteiger partial charge in [0.25, 0.3) is 0 Å². The predicted molar refractivity (Wildman–Crippen MR) is 46.4 cm³/mol. The molecule has 0 aromatic carbocycles. The summed E-state index contributed by atoms with van der Waals surface area (Å²) in [5.74, 6) is 0. The van der Waals surface area contributed by atoms with Crippen molar-refractivity contribution in [2.45, 2.75) is 32.5 Å². The lowest BCUT2D eigenvalue weighted by atomic mass is 10.1. The molecule has 1 aliphatic heterocycles. The first-order valence-electron chi connectivity index (χ1n) is 4.07. The summed E-state index contributed by atoms with van der Waals surface area (Å²) in [5.41, 5.74) is 0.174. The van der Waals surface area contributed by atoms with Gasteiger partial charge in [0.05, 0.1) is 6.61 Å². The van der Waals surface area contributed by atoms with Crippen molar-refractivity contribution in [1.29, 1.82) is 0 Å². The van der Waals surface area contributed by atoms with E-state index in [0.29, 0.717) is 0 Å². The van der Waals surface area contributed by atoms with Crippen LogP contribution < -0.4 is 0 Å². The van der Waals surface area contributed by atoms with Gasteiger partial charge in [0.1, 0.15) is 6.23 Å². The van der Waals surface area contributed by atoms with Gasteiger partial charge in [0, 0.05) is 12.1 Å². The van der Waals surface area contributed by atoms with Gasteiger partial charge >= 0.3 is 0 Å². The molecular formula is C9H17NO. The smallest absolute Gasteiger partial charge is 0.108 e. The molecule has 0 N–H and O–H groups in total. The molecule has 1 rings (SSSR count). The van der Waals surface area contributed by atoms with Gasteiger partial charge in [0.15, 0.2) is 0 Å². The van der Waals surface area contributed by atoms with E-state index < -0.39 is 0 Å². The zero-order valence-electron chi connectivity index (χ0n) is 7.63. The van der Waals surface area contributed by atoms with Gasteiger partial charge in [0.2, 0.25) is 0 Å². The Morgan fingerprint density at radius 2 is 2.36 bits per heavy atom. The van der Waals surface area contributed by atoms with Crippen LogP contribution in [0, 0.1) is 0 Å². The molecule has 64 valence electrons. The number of ether oxygens (including phenoxy) is 1. The summed E-state index contributed by atoms with van der Waals surface area (Å²) in [6, 6.07) is 0. The summed E-state index contributed by atoms with van der Waals surface area (Å²) in [7, 11) is 0. The van der Waals surface area contributed by atoms with Crippen LogP contribution in [0.3, 0.4) is 0 Å².